The molecule has 5 rings (SSSR count). The van der Waals surface area contributed by atoms with Crippen molar-refractivity contribution in [3.05, 3.63) is 29.3 Å². The minimum absolute atomic E-state index is 0.130. The zero-order valence-corrected chi connectivity index (χ0v) is 17.3. The fourth-order valence-corrected chi connectivity index (χ4v) is 8.12. The van der Waals surface area contributed by atoms with Gasteiger partial charge in [0, 0.05) is 18.3 Å². The van der Waals surface area contributed by atoms with Crippen LogP contribution in [0, 0.1) is 29.1 Å². The van der Waals surface area contributed by atoms with Crippen molar-refractivity contribution in [3.63, 3.8) is 0 Å². The molecule has 3 saturated carbocycles. The van der Waals surface area contributed by atoms with Gasteiger partial charge in [0.2, 0.25) is 0 Å². The standard InChI is InChI=1S/C25H34O3/c1-3-4-15-11-16-12-18(26)7-8-20(16)21-9-10-24(2)22(23(15)21)13-17-5-6-19(27)14-25(17,24)28/h7-8,12,15,17,21-23,26,28H,3-6,9-11,13-14H2,1-2H3/t15-,17-,21-,22+,23-,24+,25?/m1/s1. The van der Waals surface area contributed by atoms with Crippen LogP contribution in [0.1, 0.15) is 82.3 Å². The molecule has 2 N–H and O–H groups in total. The molecule has 4 aliphatic carbocycles. The van der Waals surface area contributed by atoms with Crippen molar-refractivity contribution >= 4 is 5.78 Å². The highest BCUT2D eigenvalue weighted by Gasteiger charge is 2.67. The van der Waals surface area contributed by atoms with Crippen molar-refractivity contribution in [1.29, 1.82) is 0 Å². The maximum absolute atomic E-state index is 12.3. The lowest BCUT2D eigenvalue weighted by molar-refractivity contribution is -0.156. The topological polar surface area (TPSA) is 57.5 Å². The molecule has 28 heavy (non-hydrogen) atoms. The molecule has 0 aromatic heterocycles. The Morgan fingerprint density at radius 2 is 2.07 bits per heavy atom. The van der Waals surface area contributed by atoms with E-state index in [0.717, 1.165) is 32.1 Å². The lowest BCUT2D eigenvalue weighted by atomic mass is 9.49. The van der Waals surface area contributed by atoms with Crippen LogP contribution in [-0.2, 0) is 11.2 Å². The molecule has 3 fully saturated rings. The first-order valence-electron chi connectivity index (χ1n) is 11.4. The third kappa shape index (κ3) is 2.41. The number of phenols is 1. The van der Waals surface area contributed by atoms with Crippen LogP contribution >= 0.6 is 0 Å². The van der Waals surface area contributed by atoms with Crippen LogP contribution in [0.5, 0.6) is 5.75 Å². The van der Waals surface area contributed by atoms with E-state index < -0.39 is 5.60 Å². The van der Waals surface area contributed by atoms with E-state index in [1.165, 1.54) is 24.0 Å². The Morgan fingerprint density at radius 1 is 1.25 bits per heavy atom. The number of carbonyl (C=O) groups excluding carboxylic acids is 1. The number of aromatic hydroxyl groups is 1. The Bertz CT molecular complexity index is 801. The SMILES string of the molecule is CCC[C@@H]1Cc2cc(O)ccc2[C@H]2CC[C@@]3(C)[C@@H](C[C@H]4CCC(=O)CC43O)[C@H]12. The minimum atomic E-state index is -0.788. The Morgan fingerprint density at radius 3 is 2.86 bits per heavy atom. The average Bonchev–Trinajstić information content (AvgIpc) is 2.88. The molecule has 0 aliphatic heterocycles. The smallest absolute Gasteiger partial charge is 0.135 e. The maximum atomic E-state index is 12.3. The highest BCUT2D eigenvalue weighted by atomic mass is 16.3. The fraction of sp³-hybridized carbons (Fsp3) is 0.720. The summed E-state index contributed by atoms with van der Waals surface area (Å²) in [6.07, 6.45) is 8.55. The normalized spacial score (nSPS) is 44.4. The summed E-state index contributed by atoms with van der Waals surface area (Å²) >= 11 is 0. The number of hydrogen-bond donors (Lipinski definition) is 2. The second kappa shape index (κ2) is 6.32. The third-order valence-corrected chi connectivity index (χ3v) is 9.38. The highest BCUT2D eigenvalue weighted by molar-refractivity contribution is 5.80. The van der Waals surface area contributed by atoms with Gasteiger partial charge in [0.25, 0.3) is 0 Å². The number of benzene rings is 1. The van der Waals surface area contributed by atoms with Crippen LogP contribution < -0.4 is 0 Å². The van der Waals surface area contributed by atoms with Crippen molar-refractivity contribution in [2.75, 3.05) is 0 Å². The molecule has 0 heterocycles. The van der Waals surface area contributed by atoms with Crippen LogP contribution in [0.4, 0.5) is 0 Å². The number of carbonyl (C=O) groups is 1. The number of Topliss-reactive ketones (excluding diaryl/α,β-unsaturated/α-hetero) is 1. The van der Waals surface area contributed by atoms with E-state index in [9.17, 15) is 15.0 Å². The highest BCUT2D eigenvalue weighted by Crippen LogP contribution is 2.69. The molecular formula is C25H34O3. The van der Waals surface area contributed by atoms with Gasteiger partial charge in [-0.25, -0.2) is 0 Å². The number of aliphatic hydroxyl groups is 1. The third-order valence-electron chi connectivity index (χ3n) is 9.38. The van der Waals surface area contributed by atoms with Crippen molar-refractivity contribution in [2.24, 2.45) is 29.1 Å². The van der Waals surface area contributed by atoms with E-state index >= 15 is 0 Å². The molecule has 1 aromatic carbocycles. The molecule has 3 nitrogen and oxygen atoms in total. The number of hydrogen-bond acceptors (Lipinski definition) is 3. The van der Waals surface area contributed by atoms with E-state index in [2.05, 4.69) is 19.9 Å². The predicted molar refractivity (Wildman–Crippen MR) is 109 cm³/mol. The Hall–Kier alpha value is -1.35. The van der Waals surface area contributed by atoms with E-state index in [-0.39, 0.29) is 11.2 Å². The summed E-state index contributed by atoms with van der Waals surface area (Å²) in [4.78, 5) is 12.3. The summed E-state index contributed by atoms with van der Waals surface area (Å²) in [6, 6.07) is 6.00. The summed E-state index contributed by atoms with van der Waals surface area (Å²) in [7, 11) is 0. The van der Waals surface area contributed by atoms with Gasteiger partial charge in [-0.05, 0) is 85.0 Å². The van der Waals surface area contributed by atoms with Gasteiger partial charge in [-0.2, -0.15) is 0 Å². The lowest BCUT2D eigenvalue weighted by Crippen LogP contribution is -2.56. The van der Waals surface area contributed by atoms with Gasteiger partial charge in [0.15, 0.2) is 0 Å². The van der Waals surface area contributed by atoms with Gasteiger partial charge >= 0.3 is 0 Å². The van der Waals surface area contributed by atoms with Crippen LogP contribution in [0.25, 0.3) is 0 Å². The molecule has 152 valence electrons. The molecular weight excluding hydrogens is 348 g/mol. The Balaban J connectivity index is 1.57. The first-order valence-corrected chi connectivity index (χ1v) is 11.4. The largest absolute Gasteiger partial charge is 0.508 e. The number of ketones is 1. The van der Waals surface area contributed by atoms with Crippen molar-refractivity contribution < 1.29 is 15.0 Å². The molecule has 0 bridgehead atoms. The van der Waals surface area contributed by atoms with Crippen molar-refractivity contribution in [1.82, 2.24) is 0 Å². The summed E-state index contributed by atoms with van der Waals surface area (Å²) in [5.74, 6) is 3.20. The maximum Gasteiger partial charge on any atom is 0.135 e. The molecule has 4 aliphatic rings. The average molecular weight is 383 g/mol. The van der Waals surface area contributed by atoms with Gasteiger partial charge in [-0.3, -0.25) is 4.79 Å². The zero-order chi connectivity index (χ0) is 19.7. The molecule has 1 aromatic rings. The number of rotatable bonds is 2. The second-order valence-electron chi connectivity index (χ2n) is 10.5. The summed E-state index contributed by atoms with van der Waals surface area (Å²) in [6.45, 7) is 4.58. The van der Waals surface area contributed by atoms with Crippen LogP contribution in [0.15, 0.2) is 18.2 Å². The molecule has 0 spiro atoms. The number of fused-ring (bicyclic) bond motifs is 7. The minimum Gasteiger partial charge on any atom is -0.508 e. The van der Waals surface area contributed by atoms with E-state index in [0.29, 0.717) is 48.2 Å². The lowest BCUT2D eigenvalue weighted by Gasteiger charge is -2.56. The fourth-order valence-electron chi connectivity index (χ4n) is 8.12. The van der Waals surface area contributed by atoms with Gasteiger partial charge in [-0.1, -0.05) is 32.8 Å². The molecule has 7 atom stereocenters. The van der Waals surface area contributed by atoms with Crippen LogP contribution in [-0.4, -0.2) is 21.6 Å². The predicted octanol–water partition coefficient (Wildman–Crippen LogP) is 4.98. The zero-order valence-electron chi connectivity index (χ0n) is 17.3. The molecule has 1 unspecified atom stereocenters. The van der Waals surface area contributed by atoms with Gasteiger partial charge < -0.3 is 10.2 Å². The van der Waals surface area contributed by atoms with Gasteiger partial charge in [0.1, 0.15) is 11.5 Å². The summed E-state index contributed by atoms with van der Waals surface area (Å²) < 4.78 is 0. The van der Waals surface area contributed by atoms with E-state index in [4.69, 9.17) is 0 Å². The first-order chi connectivity index (χ1) is 13.4. The second-order valence-corrected chi connectivity index (χ2v) is 10.5. The number of phenolic OH excluding ortho intramolecular Hbond substituents is 1. The van der Waals surface area contributed by atoms with Crippen LogP contribution in [0.2, 0.25) is 0 Å². The summed E-state index contributed by atoms with van der Waals surface area (Å²) in [5, 5.41) is 21.8. The molecule has 0 amide bonds. The molecule has 3 heteroatoms. The monoisotopic (exact) mass is 382 g/mol. The van der Waals surface area contributed by atoms with E-state index in [1.54, 1.807) is 0 Å². The van der Waals surface area contributed by atoms with Gasteiger partial charge in [-0.15, -0.1) is 0 Å². The van der Waals surface area contributed by atoms with Gasteiger partial charge in [0.05, 0.1) is 5.60 Å². The van der Waals surface area contributed by atoms with Crippen LogP contribution in [0.3, 0.4) is 0 Å². The Kier molecular flexibility index (Phi) is 4.21. The quantitative estimate of drug-likeness (QED) is 0.758. The van der Waals surface area contributed by atoms with Crippen molar-refractivity contribution in [2.45, 2.75) is 83.2 Å². The van der Waals surface area contributed by atoms with E-state index in [1.807, 2.05) is 12.1 Å². The molecule has 0 radical (unpaired) electrons. The summed E-state index contributed by atoms with van der Waals surface area (Å²) in [5.41, 5.74) is 1.86. The first kappa shape index (κ1) is 18.7. The van der Waals surface area contributed by atoms with Crippen molar-refractivity contribution in [3.8, 4) is 5.75 Å². The Labute approximate surface area is 168 Å². The molecule has 0 saturated heterocycles.